The zero-order chi connectivity index (χ0) is 15.4. The molecule has 0 fully saturated rings. The molecule has 20 heavy (non-hydrogen) atoms. The van der Waals surface area contributed by atoms with E-state index in [1.165, 1.54) is 11.3 Å². The molecule has 0 aliphatic carbocycles. The molecule has 0 saturated heterocycles. The molecule has 0 spiro atoms. The first kappa shape index (κ1) is 16.5. The number of Topliss-reactive ketones (excluding diaryl/α,β-unsaturated/α-hetero) is 1. The Morgan fingerprint density at radius 2 is 2.05 bits per heavy atom. The van der Waals surface area contributed by atoms with E-state index in [0.29, 0.717) is 33.7 Å². The fraction of sp³-hybridized carbons (Fsp3) is 0.571. The van der Waals surface area contributed by atoms with Crippen LogP contribution in [0.1, 0.15) is 36.0 Å². The summed E-state index contributed by atoms with van der Waals surface area (Å²) in [4.78, 5) is 14.6. The number of hydrogen-bond donors (Lipinski definition) is 2. The van der Waals surface area contributed by atoms with Crippen molar-refractivity contribution in [3.8, 4) is 6.07 Å². The zero-order valence-electron chi connectivity index (χ0n) is 12.7. The van der Waals surface area contributed by atoms with Gasteiger partial charge in [-0.25, -0.2) is 0 Å². The van der Waals surface area contributed by atoms with E-state index in [0.717, 1.165) is 0 Å². The summed E-state index contributed by atoms with van der Waals surface area (Å²) in [5, 5.41) is 13.1. The van der Waals surface area contributed by atoms with Gasteiger partial charge < -0.3 is 16.0 Å². The highest BCUT2D eigenvalue weighted by molar-refractivity contribution is 7.19. The summed E-state index contributed by atoms with van der Waals surface area (Å²) in [5.74, 6) is -0.145. The minimum atomic E-state index is -0.129. The number of carbonyl (C=O) groups is 1. The lowest BCUT2D eigenvalue weighted by atomic mass is 10.1. The quantitative estimate of drug-likeness (QED) is 0.787. The topological polar surface area (TPSA) is 82.2 Å². The van der Waals surface area contributed by atoms with Gasteiger partial charge in [0, 0.05) is 18.5 Å². The maximum absolute atomic E-state index is 12.1. The standard InChI is InChI=1S/C14H22N4OS/c1-8(2)12(19)13-11(16)10(6-15)14(20-13)17-7-9(3)18(4)5/h8-9,17H,7,16H2,1-5H3. The summed E-state index contributed by atoms with van der Waals surface area (Å²) in [6.45, 7) is 6.43. The van der Waals surface area contributed by atoms with Gasteiger partial charge in [-0.2, -0.15) is 5.26 Å². The number of thiophene rings is 1. The van der Waals surface area contributed by atoms with Crippen LogP contribution in [0.5, 0.6) is 0 Å². The Kier molecular flexibility index (Phi) is 5.54. The Bertz CT molecular complexity index is 528. The van der Waals surface area contributed by atoms with E-state index in [1.807, 2.05) is 27.9 Å². The fourth-order valence-electron chi connectivity index (χ4n) is 1.55. The highest BCUT2D eigenvalue weighted by Gasteiger charge is 2.22. The number of nitrogens with two attached hydrogens (primary N) is 1. The first-order valence-corrected chi connectivity index (χ1v) is 7.38. The number of nitriles is 1. The minimum absolute atomic E-state index is 0.0160. The smallest absolute Gasteiger partial charge is 0.177 e. The molecule has 1 aromatic heterocycles. The van der Waals surface area contributed by atoms with Gasteiger partial charge in [-0.15, -0.1) is 11.3 Å². The number of likely N-dealkylation sites (N-methyl/N-ethyl adjacent to an activating group) is 1. The molecule has 1 rings (SSSR count). The number of nitrogen functional groups attached to an aromatic ring is 1. The van der Waals surface area contributed by atoms with E-state index < -0.39 is 0 Å². The molecule has 0 aliphatic heterocycles. The van der Waals surface area contributed by atoms with Crippen molar-refractivity contribution in [2.75, 3.05) is 31.7 Å². The predicted octanol–water partition coefficient (Wildman–Crippen LogP) is 2.40. The monoisotopic (exact) mass is 294 g/mol. The van der Waals surface area contributed by atoms with Crippen LogP contribution in [-0.2, 0) is 0 Å². The summed E-state index contributed by atoms with van der Waals surface area (Å²) in [6, 6.07) is 2.40. The van der Waals surface area contributed by atoms with Crippen molar-refractivity contribution in [2.24, 2.45) is 5.92 Å². The molecule has 6 heteroatoms. The second kappa shape index (κ2) is 6.73. The van der Waals surface area contributed by atoms with E-state index in [-0.39, 0.29) is 11.7 Å². The van der Waals surface area contributed by atoms with Gasteiger partial charge >= 0.3 is 0 Å². The Hall–Kier alpha value is -1.58. The van der Waals surface area contributed by atoms with Crippen LogP contribution < -0.4 is 11.1 Å². The van der Waals surface area contributed by atoms with Gasteiger partial charge in [0.05, 0.1) is 10.6 Å². The molecular formula is C14H22N4OS. The average molecular weight is 294 g/mol. The summed E-state index contributed by atoms with van der Waals surface area (Å²) >= 11 is 1.27. The lowest BCUT2D eigenvalue weighted by molar-refractivity contribution is 0.0944. The van der Waals surface area contributed by atoms with Crippen LogP contribution in [0.2, 0.25) is 0 Å². The molecule has 0 radical (unpaired) electrons. The lowest BCUT2D eigenvalue weighted by Gasteiger charge is -2.20. The van der Waals surface area contributed by atoms with Crippen molar-refractivity contribution < 1.29 is 4.79 Å². The normalized spacial score (nSPS) is 12.5. The van der Waals surface area contributed by atoms with E-state index in [1.54, 1.807) is 0 Å². The number of nitrogens with one attached hydrogen (secondary N) is 1. The molecule has 110 valence electrons. The zero-order valence-corrected chi connectivity index (χ0v) is 13.5. The second-order valence-corrected chi connectivity index (χ2v) is 6.39. The van der Waals surface area contributed by atoms with Crippen molar-refractivity contribution in [1.29, 1.82) is 5.26 Å². The van der Waals surface area contributed by atoms with Crippen LogP contribution in [0.4, 0.5) is 10.7 Å². The van der Waals surface area contributed by atoms with E-state index in [4.69, 9.17) is 5.73 Å². The molecule has 5 nitrogen and oxygen atoms in total. The first-order valence-electron chi connectivity index (χ1n) is 6.56. The number of rotatable bonds is 6. The van der Waals surface area contributed by atoms with Crippen LogP contribution in [0.15, 0.2) is 0 Å². The van der Waals surface area contributed by atoms with Crippen molar-refractivity contribution in [2.45, 2.75) is 26.8 Å². The first-order chi connectivity index (χ1) is 9.29. The van der Waals surface area contributed by atoms with Gasteiger partial charge in [0.2, 0.25) is 0 Å². The number of ketones is 1. The molecule has 0 amide bonds. The third-order valence-corrected chi connectivity index (χ3v) is 4.42. The third-order valence-electron chi connectivity index (χ3n) is 3.24. The Morgan fingerprint density at radius 3 is 2.50 bits per heavy atom. The average Bonchev–Trinajstić information content (AvgIpc) is 2.70. The van der Waals surface area contributed by atoms with Crippen molar-refractivity contribution in [3.05, 3.63) is 10.4 Å². The van der Waals surface area contributed by atoms with E-state index >= 15 is 0 Å². The molecule has 1 unspecified atom stereocenters. The summed E-state index contributed by atoms with van der Waals surface area (Å²) in [6.07, 6.45) is 0. The molecule has 0 saturated carbocycles. The minimum Gasteiger partial charge on any atom is -0.396 e. The van der Waals surface area contributed by atoms with Crippen molar-refractivity contribution in [3.63, 3.8) is 0 Å². The number of nitrogens with zero attached hydrogens (tertiary/aromatic N) is 2. The van der Waals surface area contributed by atoms with Crippen LogP contribution in [0.3, 0.4) is 0 Å². The Labute approximate surface area is 124 Å². The van der Waals surface area contributed by atoms with Gasteiger partial charge in [-0.3, -0.25) is 4.79 Å². The molecule has 1 aromatic rings. The SMILES string of the molecule is CC(C)C(=O)c1sc(NCC(C)N(C)C)c(C#N)c1N. The van der Waals surface area contributed by atoms with Gasteiger partial charge in [-0.1, -0.05) is 13.8 Å². The Balaban J connectivity index is 3.01. The van der Waals surface area contributed by atoms with Crippen LogP contribution in [0, 0.1) is 17.2 Å². The Morgan fingerprint density at radius 1 is 1.45 bits per heavy atom. The van der Waals surface area contributed by atoms with Crippen molar-refractivity contribution in [1.82, 2.24) is 4.90 Å². The molecule has 3 N–H and O–H groups in total. The maximum atomic E-state index is 12.1. The number of anilines is 2. The molecule has 0 aliphatic rings. The van der Waals surface area contributed by atoms with E-state index in [2.05, 4.69) is 23.2 Å². The van der Waals surface area contributed by atoms with Gasteiger partial charge in [0.25, 0.3) is 0 Å². The summed E-state index contributed by atoms with van der Waals surface area (Å²) in [5.41, 5.74) is 6.62. The summed E-state index contributed by atoms with van der Waals surface area (Å²) in [7, 11) is 3.99. The molecule has 1 atom stereocenters. The van der Waals surface area contributed by atoms with Gasteiger partial charge in [0.1, 0.15) is 16.6 Å². The van der Waals surface area contributed by atoms with E-state index in [9.17, 15) is 10.1 Å². The van der Waals surface area contributed by atoms with Crippen molar-refractivity contribution >= 4 is 27.8 Å². The summed E-state index contributed by atoms with van der Waals surface area (Å²) < 4.78 is 0. The van der Waals surface area contributed by atoms with Crippen LogP contribution in [0.25, 0.3) is 0 Å². The third kappa shape index (κ3) is 3.50. The van der Waals surface area contributed by atoms with Gasteiger partial charge in [-0.05, 0) is 21.0 Å². The van der Waals surface area contributed by atoms with Gasteiger partial charge in [0.15, 0.2) is 5.78 Å². The fourth-order valence-corrected chi connectivity index (χ4v) is 2.71. The van der Waals surface area contributed by atoms with Crippen LogP contribution >= 0.6 is 11.3 Å². The molecule has 1 heterocycles. The maximum Gasteiger partial charge on any atom is 0.177 e. The number of carbonyl (C=O) groups excluding carboxylic acids is 1. The largest absolute Gasteiger partial charge is 0.396 e. The number of hydrogen-bond acceptors (Lipinski definition) is 6. The lowest BCUT2D eigenvalue weighted by Crippen LogP contribution is -2.31. The molecular weight excluding hydrogens is 272 g/mol. The second-order valence-electron chi connectivity index (χ2n) is 5.37. The highest BCUT2D eigenvalue weighted by Crippen LogP contribution is 2.36. The molecule has 0 aromatic carbocycles. The molecule has 0 bridgehead atoms. The highest BCUT2D eigenvalue weighted by atomic mass is 32.1. The van der Waals surface area contributed by atoms with Crippen LogP contribution in [-0.4, -0.2) is 37.4 Å². The predicted molar refractivity (Wildman–Crippen MR) is 84.3 cm³/mol.